The van der Waals surface area contributed by atoms with Crippen molar-refractivity contribution in [1.29, 1.82) is 0 Å². The van der Waals surface area contributed by atoms with E-state index in [-0.39, 0.29) is 17.4 Å². The van der Waals surface area contributed by atoms with Gasteiger partial charge in [-0.3, -0.25) is 4.79 Å². The fourth-order valence-electron chi connectivity index (χ4n) is 3.19. The van der Waals surface area contributed by atoms with Crippen molar-refractivity contribution in [3.05, 3.63) is 94.5 Å². The third-order valence-electron chi connectivity index (χ3n) is 4.65. The molecule has 146 valence electrons. The summed E-state index contributed by atoms with van der Waals surface area (Å²) >= 11 is 0. The molecule has 1 heterocycles. The van der Waals surface area contributed by atoms with Crippen LogP contribution in [-0.2, 0) is 6.61 Å². The van der Waals surface area contributed by atoms with Crippen molar-refractivity contribution in [2.24, 2.45) is 0 Å². The summed E-state index contributed by atoms with van der Waals surface area (Å²) in [6.45, 7) is 2.14. The van der Waals surface area contributed by atoms with E-state index in [0.29, 0.717) is 29.4 Å². The molecule has 3 aromatic rings. The van der Waals surface area contributed by atoms with Crippen molar-refractivity contribution in [2.75, 3.05) is 7.11 Å². The average molecular weight is 390 g/mol. The van der Waals surface area contributed by atoms with Crippen LogP contribution in [-0.4, -0.2) is 12.9 Å². The van der Waals surface area contributed by atoms with E-state index in [1.54, 1.807) is 37.5 Å². The molecule has 0 saturated carbocycles. The lowest BCUT2D eigenvalue weighted by Crippen LogP contribution is -2.00. The van der Waals surface area contributed by atoms with Crippen molar-refractivity contribution in [3.63, 3.8) is 0 Å². The van der Waals surface area contributed by atoms with E-state index in [9.17, 15) is 9.18 Å². The topological polar surface area (TPSA) is 44.8 Å². The van der Waals surface area contributed by atoms with Crippen LogP contribution in [0, 0.1) is 12.7 Å². The second-order valence-corrected chi connectivity index (χ2v) is 6.74. The molecule has 0 bridgehead atoms. The van der Waals surface area contributed by atoms with E-state index >= 15 is 0 Å². The first kappa shape index (κ1) is 18.7. The molecule has 29 heavy (non-hydrogen) atoms. The third kappa shape index (κ3) is 3.99. The van der Waals surface area contributed by atoms with Crippen LogP contribution in [0.25, 0.3) is 6.08 Å². The number of benzene rings is 3. The molecule has 0 atom stereocenters. The van der Waals surface area contributed by atoms with Gasteiger partial charge in [0.05, 0.1) is 12.7 Å². The fraction of sp³-hybridized carbons (Fsp3) is 0.125. The summed E-state index contributed by atoms with van der Waals surface area (Å²) in [6, 6.07) is 17.0. The number of methoxy groups -OCH3 is 1. The van der Waals surface area contributed by atoms with Gasteiger partial charge in [-0.15, -0.1) is 0 Å². The van der Waals surface area contributed by atoms with Gasteiger partial charge in [-0.2, -0.15) is 0 Å². The zero-order valence-corrected chi connectivity index (χ0v) is 16.1. The second kappa shape index (κ2) is 7.80. The normalized spacial score (nSPS) is 13.9. The summed E-state index contributed by atoms with van der Waals surface area (Å²) in [6.07, 6.45) is 1.70. The second-order valence-electron chi connectivity index (χ2n) is 6.74. The summed E-state index contributed by atoms with van der Waals surface area (Å²) in [4.78, 5) is 12.8. The molecule has 0 aliphatic carbocycles. The van der Waals surface area contributed by atoms with Gasteiger partial charge in [0.1, 0.15) is 29.7 Å². The highest BCUT2D eigenvalue weighted by molar-refractivity contribution is 6.15. The summed E-state index contributed by atoms with van der Waals surface area (Å²) in [5, 5.41) is 0. The maximum Gasteiger partial charge on any atom is 0.232 e. The number of carbonyl (C=O) groups is 1. The maximum absolute atomic E-state index is 13.0. The van der Waals surface area contributed by atoms with E-state index in [1.807, 2.05) is 31.2 Å². The molecule has 0 unspecified atom stereocenters. The molecule has 0 aromatic heterocycles. The van der Waals surface area contributed by atoms with Crippen LogP contribution in [0.2, 0.25) is 0 Å². The summed E-state index contributed by atoms with van der Waals surface area (Å²) in [5.74, 6) is 1.57. The Morgan fingerprint density at radius 2 is 1.83 bits per heavy atom. The Kier molecular flexibility index (Phi) is 5.04. The molecule has 0 spiro atoms. The molecule has 0 radical (unpaired) electrons. The number of halogens is 1. The highest BCUT2D eigenvalue weighted by Gasteiger charge is 2.30. The van der Waals surface area contributed by atoms with Gasteiger partial charge >= 0.3 is 0 Å². The number of aryl methyl sites for hydroxylation is 1. The SMILES string of the molecule is COc1cccc(/C=C2\Oc3cc(OCc4ccc(F)cc4)cc(C)c3C2=O)c1. The van der Waals surface area contributed by atoms with E-state index < -0.39 is 0 Å². The minimum absolute atomic E-state index is 0.162. The molecule has 0 fully saturated rings. The maximum atomic E-state index is 13.0. The number of ether oxygens (including phenoxy) is 3. The van der Waals surface area contributed by atoms with Crippen molar-refractivity contribution in [3.8, 4) is 17.2 Å². The molecule has 1 aliphatic rings. The minimum Gasteiger partial charge on any atom is -0.497 e. The number of Topliss-reactive ketones (excluding diaryl/α,β-unsaturated/α-hetero) is 1. The van der Waals surface area contributed by atoms with Gasteiger partial charge in [-0.25, -0.2) is 4.39 Å². The number of allylic oxidation sites excluding steroid dienone is 1. The predicted octanol–water partition coefficient (Wildman–Crippen LogP) is 5.34. The number of rotatable bonds is 5. The molecule has 1 aliphatic heterocycles. The summed E-state index contributed by atoms with van der Waals surface area (Å²) in [5.41, 5.74) is 2.97. The first-order chi connectivity index (χ1) is 14.0. The smallest absolute Gasteiger partial charge is 0.232 e. The molecule has 4 nitrogen and oxygen atoms in total. The number of hydrogen-bond donors (Lipinski definition) is 0. The highest BCUT2D eigenvalue weighted by Crippen LogP contribution is 2.37. The van der Waals surface area contributed by atoms with Gasteiger partial charge < -0.3 is 14.2 Å². The van der Waals surface area contributed by atoms with E-state index in [4.69, 9.17) is 14.2 Å². The average Bonchev–Trinajstić information content (AvgIpc) is 3.03. The van der Waals surface area contributed by atoms with Crippen LogP contribution < -0.4 is 14.2 Å². The lowest BCUT2D eigenvalue weighted by Gasteiger charge is -2.09. The van der Waals surface area contributed by atoms with Gasteiger partial charge in [-0.1, -0.05) is 24.3 Å². The van der Waals surface area contributed by atoms with Gasteiger partial charge in [-0.05, 0) is 60.0 Å². The number of fused-ring (bicyclic) bond motifs is 1. The Hall–Kier alpha value is -3.60. The van der Waals surface area contributed by atoms with Crippen LogP contribution in [0.1, 0.15) is 27.0 Å². The number of carbonyl (C=O) groups excluding carboxylic acids is 1. The van der Waals surface area contributed by atoms with Crippen LogP contribution in [0.15, 0.2) is 66.4 Å². The molecule has 0 N–H and O–H groups in total. The van der Waals surface area contributed by atoms with Crippen LogP contribution >= 0.6 is 0 Å². The Bertz CT molecular complexity index is 1100. The Morgan fingerprint density at radius 3 is 2.59 bits per heavy atom. The van der Waals surface area contributed by atoms with Crippen molar-refractivity contribution >= 4 is 11.9 Å². The molecule has 5 heteroatoms. The Labute approximate surface area is 168 Å². The standard InChI is InChI=1S/C24H19FO4/c1-15-10-20(28-14-16-6-8-18(25)9-7-16)13-21-23(15)24(26)22(29-21)12-17-4-3-5-19(11-17)27-2/h3-13H,14H2,1-2H3/b22-12-. The van der Waals surface area contributed by atoms with Crippen LogP contribution in [0.4, 0.5) is 4.39 Å². The first-order valence-electron chi connectivity index (χ1n) is 9.13. The van der Waals surface area contributed by atoms with E-state index in [2.05, 4.69) is 0 Å². The predicted molar refractivity (Wildman–Crippen MR) is 108 cm³/mol. The first-order valence-corrected chi connectivity index (χ1v) is 9.13. The lowest BCUT2D eigenvalue weighted by molar-refractivity contribution is 0.101. The molecular weight excluding hydrogens is 371 g/mol. The zero-order valence-electron chi connectivity index (χ0n) is 16.1. The van der Waals surface area contributed by atoms with E-state index in [1.165, 1.54) is 12.1 Å². The summed E-state index contributed by atoms with van der Waals surface area (Å²) in [7, 11) is 1.59. The lowest BCUT2D eigenvalue weighted by atomic mass is 10.0. The zero-order chi connectivity index (χ0) is 20.4. The van der Waals surface area contributed by atoms with Crippen molar-refractivity contribution < 1.29 is 23.4 Å². The number of ketones is 1. The Balaban J connectivity index is 1.56. The van der Waals surface area contributed by atoms with Crippen LogP contribution in [0.3, 0.4) is 0 Å². The largest absolute Gasteiger partial charge is 0.497 e. The molecular formula is C24H19FO4. The van der Waals surface area contributed by atoms with Crippen molar-refractivity contribution in [1.82, 2.24) is 0 Å². The molecule has 0 amide bonds. The minimum atomic E-state index is -0.288. The third-order valence-corrected chi connectivity index (χ3v) is 4.65. The fourth-order valence-corrected chi connectivity index (χ4v) is 3.19. The highest BCUT2D eigenvalue weighted by atomic mass is 19.1. The molecule has 4 rings (SSSR count). The van der Waals surface area contributed by atoms with Gasteiger partial charge in [0.2, 0.25) is 5.78 Å². The van der Waals surface area contributed by atoms with Crippen LogP contribution in [0.5, 0.6) is 17.2 Å². The Morgan fingerprint density at radius 1 is 1.03 bits per heavy atom. The monoisotopic (exact) mass is 390 g/mol. The summed E-state index contributed by atoms with van der Waals surface area (Å²) < 4.78 is 29.9. The van der Waals surface area contributed by atoms with Gasteiger partial charge in [0.15, 0.2) is 5.76 Å². The van der Waals surface area contributed by atoms with E-state index in [0.717, 1.165) is 16.7 Å². The van der Waals surface area contributed by atoms with Crippen molar-refractivity contribution in [2.45, 2.75) is 13.5 Å². The number of hydrogen-bond acceptors (Lipinski definition) is 4. The molecule has 3 aromatic carbocycles. The van der Waals surface area contributed by atoms with Gasteiger partial charge in [0, 0.05) is 6.07 Å². The van der Waals surface area contributed by atoms with Gasteiger partial charge in [0.25, 0.3) is 0 Å². The molecule has 0 saturated heterocycles. The quantitative estimate of drug-likeness (QED) is 0.552.